The predicted octanol–water partition coefficient (Wildman–Crippen LogP) is 2.89. The van der Waals surface area contributed by atoms with Crippen LogP contribution in [-0.2, 0) is 11.2 Å². The molecule has 0 aliphatic rings. The Bertz CT molecular complexity index is 362. The van der Waals surface area contributed by atoms with Crippen LogP contribution in [-0.4, -0.2) is 22.7 Å². The van der Waals surface area contributed by atoms with E-state index < -0.39 is 5.97 Å². The quantitative estimate of drug-likeness (QED) is 0.834. The lowest BCUT2D eigenvalue weighted by molar-refractivity contribution is 0.0700. The van der Waals surface area contributed by atoms with Crippen LogP contribution in [0.2, 0.25) is 0 Å². The summed E-state index contributed by atoms with van der Waals surface area (Å²) in [7, 11) is 0. The van der Waals surface area contributed by atoms with Gasteiger partial charge in [0.15, 0.2) is 0 Å². The molecule has 1 N–H and O–H groups in total. The van der Waals surface area contributed by atoms with Crippen LogP contribution < -0.4 is 0 Å². The third kappa shape index (κ3) is 3.02. The van der Waals surface area contributed by atoms with Crippen molar-refractivity contribution in [3.63, 3.8) is 0 Å². The van der Waals surface area contributed by atoms with Gasteiger partial charge in [0.05, 0.1) is 5.69 Å². The van der Waals surface area contributed by atoms with Gasteiger partial charge in [-0.25, -0.2) is 9.78 Å². The summed E-state index contributed by atoms with van der Waals surface area (Å²) in [5.41, 5.74) is 0.682. The molecule has 4 nitrogen and oxygen atoms in total. The van der Waals surface area contributed by atoms with Crippen LogP contribution in [0, 0.1) is 0 Å². The van der Waals surface area contributed by atoms with Crippen LogP contribution in [0.5, 0.6) is 0 Å². The first-order valence-corrected chi connectivity index (χ1v) is 6.26. The summed E-state index contributed by atoms with van der Waals surface area (Å²) < 4.78 is 5.41. The first kappa shape index (κ1) is 13.1. The zero-order valence-corrected chi connectivity index (χ0v) is 10.6. The Balaban J connectivity index is 2.96. The Hall–Kier alpha value is -0.940. The standard InChI is InChI=1S/C11H17NO3S/c1-4-6-8-9(11(13)14)16-10(12-8)7(3)15-5-2/h7H,4-6H2,1-3H3,(H,13,14). The molecule has 0 aromatic carbocycles. The molecule has 5 heteroatoms. The van der Waals surface area contributed by atoms with E-state index in [9.17, 15) is 4.79 Å². The highest BCUT2D eigenvalue weighted by Crippen LogP contribution is 2.26. The van der Waals surface area contributed by atoms with Gasteiger partial charge in [-0.1, -0.05) is 13.3 Å². The van der Waals surface area contributed by atoms with E-state index in [2.05, 4.69) is 4.98 Å². The molecular formula is C11H17NO3S. The lowest BCUT2D eigenvalue weighted by Crippen LogP contribution is -2.00. The van der Waals surface area contributed by atoms with Gasteiger partial charge in [0, 0.05) is 6.61 Å². The Morgan fingerprint density at radius 3 is 2.75 bits per heavy atom. The molecule has 0 saturated heterocycles. The number of aromatic nitrogens is 1. The van der Waals surface area contributed by atoms with Gasteiger partial charge in [-0.05, 0) is 20.3 Å². The predicted molar refractivity (Wildman–Crippen MR) is 63.1 cm³/mol. The van der Waals surface area contributed by atoms with E-state index in [-0.39, 0.29) is 6.10 Å². The van der Waals surface area contributed by atoms with E-state index >= 15 is 0 Å². The van der Waals surface area contributed by atoms with Crippen molar-refractivity contribution >= 4 is 17.3 Å². The fraction of sp³-hybridized carbons (Fsp3) is 0.636. The van der Waals surface area contributed by atoms with Gasteiger partial charge in [-0.2, -0.15) is 0 Å². The second-order valence-corrected chi connectivity index (χ2v) is 4.51. The number of aryl methyl sites for hydroxylation is 1. The molecule has 0 radical (unpaired) electrons. The number of carbonyl (C=O) groups is 1. The number of carboxylic acid groups (broad SMARTS) is 1. The first-order valence-electron chi connectivity index (χ1n) is 5.44. The molecule has 1 heterocycles. The normalized spacial score (nSPS) is 12.7. The number of rotatable bonds is 6. The SMILES string of the molecule is CCCc1nc(C(C)OCC)sc1C(=O)O. The zero-order valence-electron chi connectivity index (χ0n) is 9.82. The summed E-state index contributed by atoms with van der Waals surface area (Å²) >= 11 is 1.22. The number of ether oxygens (including phenoxy) is 1. The maximum absolute atomic E-state index is 11.0. The highest BCUT2D eigenvalue weighted by atomic mass is 32.1. The van der Waals surface area contributed by atoms with E-state index in [4.69, 9.17) is 9.84 Å². The lowest BCUT2D eigenvalue weighted by atomic mass is 10.2. The molecule has 1 unspecified atom stereocenters. The van der Waals surface area contributed by atoms with Crippen molar-refractivity contribution < 1.29 is 14.6 Å². The Morgan fingerprint density at radius 1 is 1.56 bits per heavy atom. The molecule has 0 bridgehead atoms. The van der Waals surface area contributed by atoms with Gasteiger partial charge in [0.2, 0.25) is 0 Å². The lowest BCUT2D eigenvalue weighted by Gasteiger charge is -2.06. The molecule has 1 atom stereocenters. The number of hydrogen-bond donors (Lipinski definition) is 1. The minimum Gasteiger partial charge on any atom is -0.477 e. The molecule has 0 amide bonds. The van der Waals surface area contributed by atoms with E-state index in [0.717, 1.165) is 11.4 Å². The minimum atomic E-state index is -0.893. The summed E-state index contributed by atoms with van der Waals surface area (Å²) in [5, 5.41) is 9.80. The van der Waals surface area contributed by atoms with E-state index in [0.29, 0.717) is 23.6 Å². The molecular weight excluding hydrogens is 226 g/mol. The number of thiazole rings is 1. The van der Waals surface area contributed by atoms with Crippen LogP contribution in [0.3, 0.4) is 0 Å². The Labute approximate surface area is 99.3 Å². The second kappa shape index (κ2) is 5.96. The van der Waals surface area contributed by atoms with Crippen LogP contribution in [0.25, 0.3) is 0 Å². The van der Waals surface area contributed by atoms with Crippen LogP contribution in [0.1, 0.15) is 53.7 Å². The number of aromatic carboxylic acids is 1. The second-order valence-electron chi connectivity index (χ2n) is 3.48. The van der Waals surface area contributed by atoms with Gasteiger partial charge < -0.3 is 9.84 Å². The van der Waals surface area contributed by atoms with Gasteiger partial charge in [0.25, 0.3) is 0 Å². The maximum Gasteiger partial charge on any atom is 0.347 e. The fourth-order valence-electron chi connectivity index (χ4n) is 1.44. The van der Waals surface area contributed by atoms with Crippen molar-refractivity contribution in [1.82, 2.24) is 4.98 Å². The molecule has 90 valence electrons. The average Bonchev–Trinajstić information content (AvgIpc) is 2.63. The molecule has 0 saturated carbocycles. The molecule has 0 spiro atoms. The highest BCUT2D eigenvalue weighted by molar-refractivity contribution is 7.13. The third-order valence-corrected chi connectivity index (χ3v) is 3.41. The van der Waals surface area contributed by atoms with E-state index in [1.54, 1.807) is 0 Å². The van der Waals surface area contributed by atoms with Gasteiger partial charge in [-0.3, -0.25) is 0 Å². The molecule has 16 heavy (non-hydrogen) atoms. The van der Waals surface area contributed by atoms with E-state index in [1.165, 1.54) is 11.3 Å². The number of carboxylic acids is 1. The summed E-state index contributed by atoms with van der Waals surface area (Å²) in [4.78, 5) is 15.7. The zero-order chi connectivity index (χ0) is 12.1. The minimum absolute atomic E-state index is 0.126. The smallest absolute Gasteiger partial charge is 0.347 e. The van der Waals surface area contributed by atoms with Crippen molar-refractivity contribution in [2.24, 2.45) is 0 Å². The van der Waals surface area contributed by atoms with Gasteiger partial charge in [-0.15, -0.1) is 11.3 Å². The van der Waals surface area contributed by atoms with Crippen molar-refractivity contribution in [3.8, 4) is 0 Å². The van der Waals surface area contributed by atoms with Crippen molar-refractivity contribution in [2.75, 3.05) is 6.61 Å². The van der Waals surface area contributed by atoms with Crippen molar-refractivity contribution in [3.05, 3.63) is 15.6 Å². The fourth-order valence-corrected chi connectivity index (χ4v) is 2.39. The first-order chi connectivity index (χ1) is 7.60. The van der Waals surface area contributed by atoms with Crippen molar-refractivity contribution in [1.29, 1.82) is 0 Å². The molecule has 1 aromatic rings. The van der Waals surface area contributed by atoms with Crippen LogP contribution in [0.4, 0.5) is 0 Å². The van der Waals surface area contributed by atoms with Crippen LogP contribution >= 0.6 is 11.3 Å². The molecule has 0 fully saturated rings. The maximum atomic E-state index is 11.0. The van der Waals surface area contributed by atoms with E-state index in [1.807, 2.05) is 20.8 Å². The number of nitrogens with zero attached hydrogens (tertiary/aromatic N) is 1. The highest BCUT2D eigenvalue weighted by Gasteiger charge is 2.19. The van der Waals surface area contributed by atoms with Crippen molar-refractivity contribution in [2.45, 2.75) is 39.7 Å². The molecule has 0 aliphatic carbocycles. The Morgan fingerprint density at radius 2 is 2.25 bits per heavy atom. The largest absolute Gasteiger partial charge is 0.477 e. The van der Waals surface area contributed by atoms with Crippen LogP contribution in [0.15, 0.2) is 0 Å². The van der Waals surface area contributed by atoms with Gasteiger partial charge in [0.1, 0.15) is 16.0 Å². The summed E-state index contributed by atoms with van der Waals surface area (Å²) in [6.07, 6.45) is 1.47. The molecule has 1 rings (SSSR count). The third-order valence-electron chi connectivity index (χ3n) is 2.16. The van der Waals surface area contributed by atoms with Gasteiger partial charge >= 0.3 is 5.97 Å². The topological polar surface area (TPSA) is 59.4 Å². The summed E-state index contributed by atoms with van der Waals surface area (Å²) in [6.45, 7) is 6.42. The summed E-state index contributed by atoms with van der Waals surface area (Å²) in [5.74, 6) is -0.893. The Kier molecular flexibility index (Phi) is 4.89. The molecule has 1 aromatic heterocycles. The average molecular weight is 243 g/mol. The molecule has 0 aliphatic heterocycles. The number of hydrogen-bond acceptors (Lipinski definition) is 4. The monoisotopic (exact) mass is 243 g/mol. The summed E-state index contributed by atoms with van der Waals surface area (Å²) in [6, 6.07) is 0.